The van der Waals surface area contributed by atoms with Crippen LogP contribution < -0.4 is 10.6 Å². The molecule has 1 aromatic rings. The average molecular weight is 249 g/mol. The van der Waals surface area contributed by atoms with Crippen molar-refractivity contribution >= 4 is 30.0 Å². The van der Waals surface area contributed by atoms with Crippen molar-refractivity contribution in [2.75, 3.05) is 13.1 Å². The van der Waals surface area contributed by atoms with E-state index in [0.717, 1.165) is 24.7 Å². The molecule has 1 aliphatic rings. The van der Waals surface area contributed by atoms with Crippen molar-refractivity contribution in [2.45, 2.75) is 18.9 Å². The van der Waals surface area contributed by atoms with Crippen LogP contribution in [-0.4, -0.2) is 33.8 Å². The lowest BCUT2D eigenvalue weighted by atomic mass is 10.2. The van der Waals surface area contributed by atoms with E-state index in [1.54, 1.807) is 0 Å². The van der Waals surface area contributed by atoms with Gasteiger partial charge in [-0.1, -0.05) is 0 Å². The van der Waals surface area contributed by atoms with Crippen LogP contribution >= 0.6 is 24.1 Å². The molecule has 1 atom stereocenters. The van der Waals surface area contributed by atoms with Crippen molar-refractivity contribution in [3.05, 3.63) is 11.9 Å². The van der Waals surface area contributed by atoms with Crippen LogP contribution in [0.1, 0.15) is 23.3 Å². The van der Waals surface area contributed by atoms with Gasteiger partial charge in [0.05, 0.1) is 17.9 Å². The predicted molar refractivity (Wildman–Crippen MR) is 60.5 cm³/mol. The maximum atomic E-state index is 11.4. The molecule has 0 saturated carbocycles. The first kappa shape index (κ1) is 12.4. The summed E-state index contributed by atoms with van der Waals surface area (Å²) in [4.78, 5) is 11.4. The third kappa shape index (κ3) is 3.40. The molecule has 1 fully saturated rings. The monoisotopic (exact) mass is 248 g/mol. The highest BCUT2D eigenvalue weighted by Gasteiger charge is 2.15. The van der Waals surface area contributed by atoms with Gasteiger partial charge in [0.15, 0.2) is 5.69 Å². The van der Waals surface area contributed by atoms with Gasteiger partial charge in [-0.05, 0) is 19.4 Å². The number of rotatable bonds is 3. The maximum absolute atomic E-state index is 11.4. The molecule has 0 spiro atoms. The molecule has 0 aromatic carbocycles. The Bertz CT molecular complexity index is 300. The molecule has 15 heavy (non-hydrogen) atoms. The fourth-order valence-electron chi connectivity index (χ4n) is 1.50. The summed E-state index contributed by atoms with van der Waals surface area (Å²) in [6, 6.07) is 0.422. The van der Waals surface area contributed by atoms with Crippen LogP contribution in [0.3, 0.4) is 0 Å². The Hall–Kier alpha value is -0.720. The minimum absolute atomic E-state index is 0. The number of carbonyl (C=O) groups is 1. The zero-order chi connectivity index (χ0) is 9.80. The first-order valence-electron chi connectivity index (χ1n) is 4.65. The van der Waals surface area contributed by atoms with Gasteiger partial charge in [0.2, 0.25) is 0 Å². The minimum atomic E-state index is -0.132. The molecule has 1 unspecified atom stereocenters. The molecule has 84 valence electrons. The van der Waals surface area contributed by atoms with Gasteiger partial charge in [-0.25, -0.2) is 0 Å². The van der Waals surface area contributed by atoms with E-state index >= 15 is 0 Å². The van der Waals surface area contributed by atoms with E-state index in [-0.39, 0.29) is 18.3 Å². The number of carbonyl (C=O) groups excluding carboxylic acids is 1. The molecule has 1 aromatic heterocycles. The van der Waals surface area contributed by atoms with E-state index in [2.05, 4.69) is 19.4 Å². The third-order valence-electron chi connectivity index (χ3n) is 2.27. The van der Waals surface area contributed by atoms with Gasteiger partial charge in [-0.2, -0.15) is 8.75 Å². The molecule has 1 aliphatic heterocycles. The fraction of sp³-hybridized carbons (Fsp3) is 0.625. The Morgan fingerprint density at radius 3 is 3.20 bits per heavy atom. The highest BCUT2D eigenvalue weighted by atomic mass is 35.5. The summed E-state index contributed by atoms with van der Waals surface area (Å²) < 4.78 is 7.64. The third-order valence-corrected chi connectivity index (χ3v) is 2.74. The van der Waals surface area contributed by atoms with Crippen LogP contribution in [0.2, 0.25) is 0 Å². The standard InChI is InChI=1S/C8H12N4OS.ClH/c13-8(7-5-11-14-12-7)10-4-6-2-1-3-9-6;/h5-6,9H,1-4H2,(H,10,13);1H. The Labute approximate surface area is 98.4 Å². The summed E-state index contributed by atoms with van der Waals surface area (Å²) in [5.74, 6) is -0.132. The van der Waals surface area contributed by atoms with Crippen LogP contribution in [0.5, 0.6) is 0 Å². The SMILES string of the molecule is Cl.O=C(NCC1CCCN1)c1cnsn1. The second kappa shape index (κ2) is 5.99. The van der Waals surface area contributed by atoms with Gasteiger partial charge in [0, 0.05) is 12.6 Å². The summed E-state index contributed by atoms with van der Waals surface area (Å²) in [6.07, 6.45) is 3.82. The molecule has 0 aliphatic carbocycles. The van der Waals surface area contributed by atoms with Gasteiger partial charge in [-0.3, -0.25) is 4.79 Å². The molecule has 2 rings (SSSR count). The molecule has 1 amide bonds. The van der Waals surface area contributed by atoms with Crippen molar-refractivity contribution in [3.63, 3.8) is 0 Å². The number of hydrogen-bond donors (Lipinski definition) is 2. The van der Waals surface area contributed by atoms with Crippen molar-refractivity contribution in [3.8, 4) is 0 Å². The molecule has 2 N–H and O–H groups in total. The lowest BCUT2D eigenvalue weighted by Gasteiger charge is -2.09. The summed E-state index contributed by atoms with van der Waals surface area (Å²) in [7, 11) is 0. The number of aromatic nitrogens is 2. The largest absolute Gasteiger partial charge is 0.349 e. The maximum Gasteiger partial charge on any atom is 0.272 e. The second-order valence-corrected chi connectivity index (χ2v) is 3.85. The van der Waals surface area contributed by atoms with Gasteiger partial charge >= 0.3 is 0 Å². The van der Waals surface area contributed by atoms with E-state index in [1.807, 2.05) is 0 Å². The van der Waals surface area contributed by atoms with Crippen molar-refractivity contribution in [1.82, 2.24) is 19.4 Å². The molecule has 2 heterocycles. The van der Waals surface area contributed by atoms with Crippen LogP contribution in [0.4, 0.5) is 0 Å². The Morgan fingerprint density at radius 1 is 1.73 bits per heavy atom. The fourth-order valence-corrected chi connectivity index (χ4v) is 1.91. The highest BCUT2D eigenvalue weighted by Crippen LogP contribution is 2.03. The molecule has 1 saturated heterocycles. The Kier molecular flexibility index (Phi) is 4.93. The van der Waals surface area contributed by atoms with Gasteiger partial charge in [0.1, 0.15) is 0 Å². The minimum Gasteiger partial charge on any atom is -0.349 e. The van der Waals surface area contributed by atoms with Crippen LogP contribution in [0, 0.1) is 0 Å². The predicted octanol–water partition coefficient (Wildman–Crippen LogP) is 0.442. The zero-order valence-corrected chi connectivity index (χ0v) is 9.74. The lowest BCUT2D eigenvalue weighted by molar-refractivity contribution is 0.0946. The molecule has 7 heteroatoms. The topological polar surface area (TPSA) is 66.9 Å². The number of nitrogens with one attached hydrogen (secondary N) is 2. The molecule has 0 radical (unpaired) electrons. The van der Waals surface area contributed by atoms with Crippen LogP contribution in [0.15, 0.2) is 6.20 Å². The zero-order valence-electron chi connectivity index (χ0n) is 8.10. The normalized spacial score (nSPS) is 19.6. The van der Waals surface area contributed by atoms with E-state index in [1.165, 1.54) is 12.6 Å². The molecule has 0 bridgehead atoms. The van der Waals surface area contributed by atoms with Crippen LogP contribution in [-0.2, 0) is 0 Å². The quantitative estimate of drug-likeness (QED) is 0.815. The first-order valence-corrected chi connectivity index (χ1v) is 5.38. The van der Waals surface area contributed by atoms with E-state index in [4.69, 9.17) is 0 Å². The highest BCUT2D eigenvalue weighted by molar-refractivity contribution is 6.99. The van der Waals surface area contributed by atoms with Crippen molar-refractivity contribution < 1.29 is 4.79 Å². The van der Waals surface area contributed by atoms with E-state index in [9.17, 15) is 4.79 Å². The summed E-state index contributed by atoms with van der Waals surface area (Å²) in [6.45, 7) is 1.73. The van der Waals surface area contributed by atoms with E-state index < -0.39 is 0 Å². The smallest absolute Gasteiger partial charge is 0.272 e. The average Bonchev–Trinajstić information content (AvgIpc) is 2.87. The van der Waals surface area contributed by atoms with Crippen molar-refractivity contribution in [2.24, 2.45) is 0 Å². The first-order chi connectivity index (χ1) is 6.86. The summed E-state index contributed by atoms with van der Waals surface area (Å²) in [5, 5.41) is 6.14. The van der Waals surface area contributed by atoms with Crippen LogP contribution in [0.25, 0.3) is 0 Å². The Morgan fingerprint density at radius 2 is 2.60 bits per heavy atom. The van der Waals surface area contributed by atoms with Crippen molar-refractivity contribution in [1.29, 1.82) is 0 Å². The molecular weight excluding hydrogens is 236 g/mol. The van der Waals surface area contributed by atoms with Gasteiger partial charge < -0.3 is 10.6 Å². The summed E-state index contributed by atoms with van der Waals surface area (Å²) >= 11 is 1.05. The number of hydrogen-bond acceptors (Lipinski definition) is 5. The number of nitrogens with zero attached hydrogens (tertiary/aromatic N) is 2. The lowest BCUT2D eigenvalue weighted by Crippen LogP contribution is -2.37. The second-order valence-electron chi connectivity index (χ2n) is 3.30. The van der Waals surface area contributed by atoms with Gasteiger partial charge in [-0.15, -0.1) is 12.4 Å². The molecular formula is C8H13ClN4OS. The van der Waals surface area contributed by atoms with E-state index in [0.29, 0.717) is 18.3 Å². The number of halogens is 1. The number of amides is 1. The Balaban J connectivity index is 0.00000112. The molecule has 5 nitrogen and oxygen atoms in total. The van der Waals surface area contributed by atoms with Gasteiger partial charge in [0.25, 0.3) is 5.91 Å². The summed E-state index contributed by atoms with van der Waals surface area (Å²) in [5.41, 5.74) is 0.410.